The lowest BCUT2D eigenvalue weighted by Crippen LogP contribution is -2.33. The van der Waals surface area contributed by atoms with Gasteiger partial charge >= 0.3 is 5.97 Å². The molecule has 0 heterocycles. The number of nitrogens with two attached hydrogens (primary N) is 1. The molecule has 17 heavy (non-hydrogen) atoms. The summed E-state index contributed by atoms with van der Waals surface area (Å²) < 4.78 is 35.3. The van der Waals surface area contributed by atoms with E-state index in [2.05, 4.69) is 4.74 Å². The van der Waals surface area contributed by atoms with Gasteiger partial charge in [0.05, 0.1) is 14.2 Å². The minimum Gasteiger partial charge on any atom is -0.496 e. The first-order valence-corrected chi connectivity index (χ1v) is 4.85. The topological polar surface area (TPSA) is 61.5 Å². The summed E-state index contributed by atoms with van der Waals surface area (Å²) in [5, 5.41) is 0. The number of carbonyl (C=O) groups excluding carboxylic acids is 1. The number of hydrogen-bond donors (Lipinski definition) is 1. The zero-order chi connectivity index (χ0) is 13.0. The maximum absolute atomic E-state index is 13.0. The molecule has 0 saturated carbocycles. The van der Waals surface area contributed by atoms with Crippen LogP contribution < -0.4 is 10.5 Å². The van der Waals surface area contributed by atoms with Crippen molar-refractivity contribution in [2.24, 2.45) is 5.73 Å². The predicted octanol–water partition coefficient (Wildman–Crippen LogP) is 1.02. The van der Waals surface area contributed by atoms with Crippen LogP contribution in [-0.2, 0) is 16.0 Å². The normalized spacial score (nSPS) is 12.1. The van der Waals surface area contributed by atoms with Crippen LogP contribution in [0.1, 0.15) is 5.56 Å². The Labute approximate surface area is 97.3 Å². The zero-order valence-corrected chi connectivity index (χ0v) is 9.50. The van der Waals surface area contributed by atoms with Crippen molar-refractivity contribution in [1.29, 1.82) is 0 Å². The minimum absolute atomic E-state index is 0.00699. The summed E-state index contributed by atoms with van der Waals surface area (Å²) in [4.78, 5) is 11.1. The van der Waals surface area contributed by atoms with Gasteiger partial charge in [-0.1, -0.05) is 0 Å². The van der Waals surface area contributed by atoms with Crippen molar-refractivity contribution in [2.75, 3.05) is 14.2 Å². The molecule has 1 atom stereocenters. The van der Waals surface area contributed by atoms with E-state index in [0.717, 1.165) is 12.1 Å². The first kappa shape index (κ1) is 13.4. The van der Waals surface area contributed by atoms with Gasteiger partial charge in [0.2, 0.25) is 0 Å². The third kappa shape index (κ3) is 3.13. The Kier molecular flexibility index (Phi) is 4.39. The number of esters is 1. The lowest BCUT2D eigenvalue weighted by molar-refractivity contribution is -0.142. The van der Waals surface area contributed by atoms with Gasteiger partial charge in [-0.15, -0.1) is 0 Å². The van der Waals surface area contributed by atoms with Crippen LogP contribution in [-0.4, -0.2) is 26.2 Å². The lowest BCUT2D eigenvalue weighted by Gasteiger charge is -2.12. The third-order valence-electron chi connectivity index (χ3n) is 2.27. The number of halogens is 2. The standard InChI is InChI=1S/C11H13F2NO3/c1-16-10-5-8(13)7(12)3-6(10)4-9(14)11(15)17-2/h3,5,9H,4,14H2,1-2H3/t9-/m0/s1. The van der Waals surface area contributed by atoms with Gasteiger partial charge < -0.3 is 15.2 Å². The number of rotatable bonds is 4. The number of carbonyl (C=O) groups is 1. The molecule has 0 aliphatic carbocycles. The fraction of sp³-hybridized carbons (Fsp3) is 0.364. The van der Waals surface area contributed by atoms with Gasteiger partial charge in [0.25, 0.3) is 0 Å². The predicted molar refractivity (Wildman–Crippen MR) is 56.6 cm³/mol. The Hall–Kier alpha value is -1.69. The quantitative estimate of drug-likeness (QED) is 0.804. The fourth-order valence-corrected chi connectivity index (χ4v) is 1.39. The molecule has 0 amide bonds. The molecule has 1 rings (SSSR count). The van der Waals surface area contributed by atoms with Crippen LogP contribution in [0, 0.1) is 11.6 Å². The molecule has 0 radical (unpaired) electrons. The van der Waals surface area contributed by atoms with Crippen molar-refractivity contribution in [1.82, 2.24) is 0 Å². The average Bonchev–Trinajstić information content (AvgIpc) is 2.32. The first-order valence-electron chi connectivity index (χ1n) is 4.85. The second kappa shape index (κ2) is 5.58. The summed E-state index contributed by atoms with van der Waals surface area (Å²) in [6.07, 6.45) is 0.00699. The van der Waals surface area contributed by atoms with Gasteiger partial charge in [0, 0.05) is 12.5 Å². The summed E-state index contributed by atoms with van der Waals surface area (Å²) in [6, 6.07) is 0.921. The molecule has 6 heteroatoms. The van der Waals surface area contributed by atoms with Crippen molar-refractivity contribution in [3.63, 3.8) is 0 Å². The van der Waals surface area contributed by atoms with Gasteiger partial charge in [-0.3, -0.25) is 4.79 Å². The molecule has 0 saturated heterocycles. The summed E-state index contributed by atoms with van der Waals surface area (Å²) in [7, 11) is 2.52. The Morgan fingerprint density at radius 3 is 2.47 bits per heavy atom. The summed E-state index contributed by atoms with van der Waals surface area (Å²) in [5.74, 6) is -2.52. The SMILES string of the molecule is COC(=O)[C@@H](N)Cc1cc(F)c(F)cc1OC. The molecular formula is C11H13F2NO3. The number of methoxy groups -OCH3 is 2. The second-order valence-electron chi connectivity index (χ2n) is 3.41. The van der Waals surface area contributed by atoms with E-state index in [0.29, 0.717) is 5.56 Å². The van der Waals surface area contributed by atoms with E-state index in [1.807, 2.05) is 0 Å². The van der Waals surface area contributed by atoms with Gasteiger partial charge in [0.1, 0.15) is 11.8 Å². The smallest absolute Gasteiger partial charge is 0.322 e. The van der Waals surface area contributed by atoms with Crippen LogP contribution in [0.25, 0.3) is 0 Å². The molecule has 0 unspecified atom stereocenters. The fourth-order valence-electron chi connectivity index (χ4n) is 1.39. The highest BCUT2D eigenvalue weighted by molar-refractivity contribution is 5.75. The highest BCUT2D eigenvalue weighted by atomic mass is 19.2. The van der Waals surface area contributed by atoms with E-state index in [-0.39, 0.29) is 12.2 Å². The molecule has 0 fully saturated rings. The highest BCUT2D eigenvalue weighted by Gasteiger charge is 2.18. The monoisotopic (exact) mass is 245 g/mol. The molecule has 2 N–H and O–H groups in total. The second-order valence-corrected chi connectivity index (χ2v) is 3.41. The maximum Gasteiger partial charge on any atom is 0.322 e. The average molecular weight is 245 g/mol. The lowest BCUT2D eigenvalue weighted by atomic mass is 10.1. The molecule has 1 aromatic carbocycles. The van der Waals surface area contributed by atoms with Gasteiger partial charge in [-0.05, 0) is 11.6 Å². The van der Waals surface area contributed by atoms with Crippen molar-refractivity contribution < 1.29 is 23.0 Å². The van der Waals surface area contributed by atoms with Crippen LogP contribution >= 0.6 is 0 Å². The van der Waals surface area contributed by atoms with E-state index in [9.17, 15) is 13.6 Å². The molecule has 0 bridgehead atoms. The molecule has 4 nitrogen and oxygen atoms in total. The van der Waals surface area contributed by atoms with Crippen molar-refractivity contribution in [2.45, 2.75) is 12.5 Å². The highest BCUT2D eigenvalue weighted by Crippen LogP contribution is 2.23. The molecule has 0 spiro atoms. The van der Waals surface area contributed by atoms with Gasteiger partial charge in [-0.2, -0.15) is 0 Å². The Morgan fingerprint density at radius 1 is 1.35 bits per heavy atom. The van der Waals surface area contributed by atoms with Crippen LogP contribution in [0.2, 0.25) is 0 Å². The van der Waals surface area contributed by atoms with Crippen molar-refractivity contribution in [3.05, 3.63) is 29.3 Å². The summed E-state index contributed by atoms with van der Waals surface area (Å²) in [6.45, 7) is 0. The molecule has 0 aliphatic rings. The summed E-state index contributed by atoms with van der Waals surface area (Å²) >= 11 is 0. The van der Waals surface area contributed by atoms with E-state index >= 15 is 0 Å². The number of hydrogen-bond acceptors (Lipinski definition) is 4. The zero-order valence-electron chi connectivity index (χ0n) is 9.50. The Bertz CT molecular complexity index is 423. The number of ether oxygens (including phenoxy) is 2. The third-order valence-corrected chi connectivity index (χ3v) is 2.27. The Balaban J connectivity index is 2.97. The largest absolute Gasteiger partial charge is 0.496 e. The van der Waals surface area contributed by atoms with Crippen molar-refractivity contribution in [3.8, 4) is 5.75 Å². The van der Waals surface area contributed by atoms with Gasteiger partial charge in [-0.25, -0.2) is 8.78 Å². The molecule has 94 valence electrons. The van der Waals surface area contributed by atoms with E-state index in [1.165, 1.54) is 14.2 Å². The minimum atomic E-state index is -1.02. The van der Waals surface area contributed by atoms with E-state index in [1.54, 1.807) is 0 Å². The van der Waals surface area contributed by atoms with E-state index < -0.39 is 23.6 Å². The first-order chi connectivity index (χ1) is 7.99. The number of benzene rings is 1. The molecule has 0 aromatic heterocycles. The van der Waals surface area contributed by atoms with Crippen LogP contribution in [0.4, 0.5) is 8.78 Å². The Morgan fingerprint density at radius 2 is 1.94 bits per heavy atom. The van der Waals surface area contributed by atoms with Crippen molar-refractivity contribution >= 4 is 5.97 Å². The molecule has 0 aliphatic heterocycles. The summed E-state index contributed by atoms with van der Waals surface area (Å²) in [5.41, 5.74) is 5.83. The molecular weight excluding hydrogens is 232 g/mol. The van der Waals surface area contributed by atoms with Crippen LogP contribution in [0.3, 0.4) is 0 Å². The maximum atomic E-state index is 13.0. The van der Waals surface area contributed by atoms with Crippen LogP contribution in [0.15, 0.2) is 12.1 Å². The molecule has 1 aromatic rings. The van der Waals surface area contributed by atoms with Gasteiger partial charge in [0.15, 0.2) is 11.6 Å². The van der Waals surface area contributed by atoms with Crippen LogP contribution in [0.5, 0.6) is 5.75 Å². The van der Waals surface area contributed by atoms with E-state index in [4.69, 9.17) is 10.5 Å².